The third-order valence-electron chi connectivity index (χ3n) is 3.01. The van der Waals surface area contributed by atoms with Gasteiger partial charge >= 0.3 is 0 Å². The highest BCUT2D eigenvalue weighted by Gasteiger charge is 2.18. The van der Waals surface area contributed by atoms with Gasteiger partial charge in [0.1, 0.15) is 5.75 Å². The molecule has 94 valence electrons. The fourth-order valence-electron chi connectivity index (χ4n) is 2.15. The van der Waals surface area contributed by atoms with E-state index in [9.17, 15) is 0 Å². The van der Waals surface area contributed by atoms with Crippen molar-refractivity contribution < 1.29 is 4.74 Å². The molecule has 2 N–H and O–H groups in total. The number of hydrogen-bond acceptors (Lipinski definition) is 3. The number of rotatable bonds is 5. The van der Waals surface area contributed by atoms with Crippen LogP contribution in [0.15, 0.2) is 18.2 Å². The minimum absolute atomic E-state index is 0.0969. The lowest BCUT2D eigenvalue weighted by atomic mass is 9.99. The Hall–Kier alpha value is -0.670. The smallest absolute Gasteiger partial charge is 0.127 e. The molecule has 1 aromatic carbocycles. The molecular formula is C14H21NOS. The normalized spacial score (nSPS) is 16.1. The molecule has 1 aliphatic heterocycles. The average Bonchev–Trinajstić information content (AvgIpc) is 2.38. The zero-order valence-electron chi connectivity index (χ0n) is 10.4. The molecule has 1 aromatic rings. The fourth-order valence-corrected chi connectivity index (χ4v) is 3.04. The summed E-state index contributed by atoms with van der Waals surface area (Å²) in [4.78, 5) is 0. The maximum atomic E-state index is 6.26. The average molecular weight is 251 g/mol. The fraction of sp³-hybridized carbons (Fsp3) is 0.571. The molecule has 0 radical (unpaired) electrons. The zero-order chi connectivity index (χ0) is 12.1. The Kier molecular flexibility index (Phi) is 4.75. The van der Waals surface area contributed by atoms with Gasteiger partial charge in [0.05, 0.1) is 6.61 Å². The summed E-state index contributed by atoms with van der Waals surface area (Å²) in [6.45, 7) is 3.03. The Balaban J connectivity index is 2.09. The number of nitrogens with two attached hydrogens (primary N) is 1. The number of hydrogen-bond donors (Lipinski definition) is 1. The third kappa shape index (κ3) is 3.17. The molecule has 0 amide bonds. The van der Waals surface area contributed by atoms with Crippen molar-refractivity contribution in [2.24, 2.45) is 5.73 Å². The van der Waals surface area contributed by atoms with Crippen LogP contribution >= 0.6 is 11.8 Å². The van der Waals surface area contributed by atoms with E-state index in [1.807, 2.05) is 11.8 Å². The van der Waals surface area contributed by atoms with Crippen molar-refractivity contribution in [3.05, 3.63) is 29.3 Å². The second kappa shape index (κ2) is 6.31. The second-order valence-electron chi connectivity index (χ2n) is 4.47. The largest absolute Gasteiger partial charge is 0.493 e. The Bertz CT molecular complexity index is 367. The number of aryl methyl sites for hydroxylation is 1. The first kappa shape index (κ1) is 12.8. The molecule has 17 heavy (non-hydrogen) atoms. The van der Waals surface area contributed by atoms with Crippen LogP contribution in [0.1, 0.15) is 36.9 Å². The number of thioether (sulfide) groups is 1. The SMILES string of the molecule is CCCSCC(N)c1cccc2c1OCCC2. The molecule has 1 unspecified atom stereocenters. The van der Waals surface area contributed by atoms with Crippen LogP contribution in [-0.2, 0) is 6.42 Å². The molecule has 0 fully saturated rings. The number of ether oxygens (including phenoxy) is 1. The minimum atomic E-state index is 0.0969. The van der Waals surface area contributed by atoms with Gasteiger partial charge in [0.15, 0.2) is 0 Å². The van der Waals surface area contributed by atoms with Gasteiger partial charge in [-0.2, -0.15) is 11.8 Å². The summed E-state index contributed by atoms with van der Waals surface area (Å²) in [6, 6.07) is 6.47. The number of benzene rings is 1. The first-order valence-corrected chi connectivity index (χ1v) is 7.56. The highest BCUT2D eigenvalue weighted by molar-refractivity contribution is 7.99. The molecule has 0 saturated carbocycles. The molecule has 0 saturated heterocycles. The summed E-state index contributed by atoms with van der Waals surface area (Å²) in [5, 5.41) is 0. The summed E-state index contributed by atoms with van der Waals surface area (Å²) in [6.07, 6.45) is 3.45. The molecule has 1 aliphatic rings. The van der Waals surface area contributed by atoms with Gasteiger partial charge in [-0.05, 0) is 30.6 Å². The molecule has 0 spiro atoms. The summed E-state index contributed by atoms with van der Waals surface area (Å²) in [5.74, 6) is 3.22. The number of fused-ring (bicyclic) bond motifs is 1. The van der Waals surface area contributed by atoms with E-state index in [1.54, 1.807) is 0 Å². The minimum Gasteiger partial charge on any atom is -0.493 e. The van der Waals surface area contributed by atoms with Gasteiger partial charge in [-0.1, -0.05) is 25.1 Å². The third-order valence-corrected chi connectivity index (χ3v) is 4.30. The lowest BCUT2D eigenvalue weighted by Crippen LogP contribution is -2.18. The molecule has 2 rings (SSSR count). The Morgan fingerprint density at radius 2 is 2.35 bits per heavy atom. The molecule has 0 aliphatic carbocycles. The van der Waals surface area contributed by atoms with Crippen LogP contribution < -0.4 is 10.5 Å². The van der Waals surface area contributed by atoms with E-state index in [1.165, 1.54) is 23.3 Å². The Labute approximate surface area is 108 Å². The van der Waals surface area contributed by atoms with E-state index in [0.29, 0.717) is 0 Å². The number of para-hydroxylation sites is 1. The maximum absolute atomic E-state index is 6.26. The van der Waals surface area contributed by atoms with E-state index in [2.05, 4.69) is 25.1 Å². The van der Waals surface area contributed by atoms with Crippen molar-refractivity contribution in [1.29, 1.82) is 0 Å². The van der Waals surface area contributed by atoms with E-state index in [-0.39, 0.29) is 6.04 Å². The molecule has 1 heterocycles. The predicted octanol–water partition coefficient (Wildman–Crippen LogP) is 3.15. The molecule has 2 nitrogen and oxygen atoms in total. The van der Waals surface area contributed by atoms with Gasteiger partial charge in [0.25, 0.3) is 0 Å². The van der Waals surface area contributed by atoms with Crippen LogP contribution in [0.25, 0.3) is 0 Å². The first-order valence-electron chi connectivity index (χ1n) is 6.41. The monoisotopic (exact) mass is 251 g/mol. The summed E-state index contributed by atoms with van der Waals surface area (Å²) in [5.41, 5.74) is 8.77. The highest BCUT2D eigenvalue weighted by atomic mass is 32.2. The lowest BCUT2D eigenvalue weighted by molar-refractivity contribution is 0.284. The van der Waals surface area contributed by atoms with Crippen LogP contribution in [0.5, 0.6) is 5.75 Å². The standard InChI is InChI=1S/C14H21NOS/c1-2-9-17-10-13(15)12-7-3-5-11-6-4-8-16-14(11)12/h3,5,7,13H,2,4,6,8-10,15H2,1H3. The summed E-state index contributed by atoms with van der Waals surface area (Å²) in [7, 11) is 0. The van der Waals surface area contributed by atoms with Crippen molar-refractivity contribution in [3.63, 3.8) is 0 Å². The van der Waals surface area contributed by atoms with Crippen molar-refractivity contribution >= 4 is 11.8 Å². The second-order valence-corrected chi connectivity index (χ2v) is 5.62. The van der Waals surface area contributed by atoms with Crippen LogP contribution in [0.3, 0.4) is 0 Å². The van der Waals surface area contributed by atoms with Gasteiger partial charge in [0.2, 0.25) is 0 Å². The lowest BCUT2D eigenvalue weighted by Gasteiger charge is -2.23. The Morgan fingerprint density at radius 1 is 1.47 bits per heavy atom. The van der Waals surface area contributed by atoms with Gasteiger partial charge < -0.3 is 10.5 Å². The van der Waals surface area contributed by atoms with Gasteiger partial charge in [-0.25, -0.2) is 0 Å². The van der Waals surface area contributed by atoms with Crippen LogP contribution in [0, 0.1) is 0 Å². The van der Waals surface area contributed by atoms with Crippen molar-refractivity contribution in [2.45, 2.75) is 32.2 Å². The van der Waals surface area contributed by atoms with Crippen LogP contribution in [0.4, 0.5) is 0 Å². The highest BCUT2D eigenvalue weighted by Crippen LogP contribution is 2.33. The molecular weight excluding hydrogens is 230 g/mol. The van der Waals surface area contributed by atoms with Crippen LogP contribution in [-0.4, -0.2) is 18.1 Å². The first-order chi connectivity index (χ1) is 8.33. The van der Waals surface area contributed by atoms with E-state index >= 15 is 0 Å². The molecule has 3 heteroatoms. The van der Waals surface area contributed by atoms with Gasteiger partial charge in [-0.3, -0.25) is 0 Å². The van der Waals surface area contributed by atoms with Crippen molar-refractivity contribution in [1.82, 2.24) is 0 Å². The Morgan fingerprint density at radius 3 is 3.18 bits per heavy atom. The molecule has 1 atom stereocenters. The molecule has 0 aromatic heterocycles. The summed E-state index contributed by atoms with van der Waals surface area (Å²) >= 11 is 1.93. The maximum Gasteiger partial charge on any atom is 0.127 e. The predicted molar refractivity (Wildman–Crippen MR) is 74.8 cm³/mol. The quantitative estimate of drug-likeness (QED) is 0.816. The van der Waals surface area contributed by atoms with E-state index in [0.717, 1.165) is 31.0 Å². The van der Waals surface area contributed by atoms with E-state index in [4.69, 9.17) is 10.5 Å². The topological polar surface area (TPSA) is 35.2 Å². The molecule has 0 bridgehead atoms. The van der Waals surface area contributed by atoms with Crippen molar-refractivity contribution in [2.75, 3.05) is 18.1 Å². The zero-order valence-corrected chi connectivity index (χ0v) is 11.3. The van der Waals surface area contributed by atoms with E-state index < -0.39 is 0 Å². The van der Waals surface area contributed by atoms with Gasteiger partial charge in [-0.15, -0.1) is 0 Å². The van der Waals surface area contributed by atoms with Crippen LogP contribution in [0.2, 0.25) is 0 Å². The van der Waals surface area contributed by atoms with Crippen molar-refractivity contribution in [3.8, 4) is 5.75 Å². The summed E-state index contributed by atoms with van der Waals surface area (Å²) < 4.78 is 5.79. The van der Waals surface area contributed by atoms with Gasteiger partial charge in [0, 0.05) is 17.4 Å².